The first-order valence-electron chi connectivity index (χ1n) is 4.84. The van der Waals surface area contributed by atoms with Gasteiger partial charge in [-0.15, -0.1) is 0 Å². The lowest BCUT2D eigenvalue weighted by Crippen LogP contribution is -2.24. The number of benzene rings is 1. The van der Waals surface area contributed by atoms with Gasteiger partial charge in [0.1, 0.15) is 19.2 Å². The van der Waals surface area contributed by atoms with Gasteiger partial charge in [0.05, 0.1) is 23.4 Å². The zero-order valence-corrected chi connectivity index (χ0v) is 10.6. The normalized spacial score (nSPS) is 8.82. The van der Waals surface area contributed by atoms with E-state index >= 15 is 0 Å². The summed E-state index contributed by atoms with van der Waals surface area (Å²) in [5.41, 5.74) is 2.09. The summed E-state index contributed by atoms with van der Waals surface area (Å²) in [6.07, 6.45) is 0. The summed E-state index contributed by atoms with van der Waals surface area (Å²) in [6.45, 7) is 0.186. The Hall–Kier alpha value is -2.03. The van der Waals surface area contributed by atoms with Crippen molar-refractivity contribution in [2.45, 2.75) is 5.33 Å². The molecule has 0 radical (unpaired) electrons. The third-order valence-corrected chi connectivity index (χ3v) is 2.85. The highest BCUT2D eigenvalue weighted by atomic mass is 79.9. The molecule has 0 atom stereocenters. The fourth-order valence-corrected chi connectivity index (χ4v) is 1.78. The minimum absolute atomic E-state index is 0.0932. The van der Waals surface area contributed by atoms with Crippen molar-refractivity contribution in [2.24, 2.45) is 0 Å². The highest BCUT2D eigenvalue weighted by molar-refractivity contribution is 9.08. The van der Waals surface area contributed by atoms with Crippen molar-refractivity contribution in [1.82, 2.24) is 0 Å². The topological polar surface area (TPSA) is 74.6 Å². The van der Waals surface area contributed by atoms with Crippen molar-refractivity contribution < 1.29 is 0 Å². The van der Waals surface area contributed by atoms with Gasteiger partial charge in [-0.05, 0) is 17.7 Å². The third kappa shape index (κ3) is 3.21. The van der Waals surface area contributed by atoms with Gasteiger partial charge in [-0.25, -0.2) is 0 Å². The predicted molar refractivity (Wildman–Crippen MR) is 67.2 cm³/mol. The van der Waals surface area contributed by atoms with E-state index in [1.807, 2.05) is 18.2 Å². The number of nitrogens with zero attached hydrogens (tertiary/aromatic N) is 4. The second-order valence-electron chi connectivity index (χ2n) is 3.27. The minimum Gasteiger partial charge on any atom is -0.344 e. The van der Waals surface area contributed by atoms with Gasteiger partial charge in [-0.1, -0.05) is 22.0 Å². The molecule has 0 aliphatic heterocycles. The lowest BCUT2D eigenvalue weighted by molar-refractivity contribution is 0.963. The molecule has 5 heteroatoms. The Morgan fingerprint density at radius 2 is 1.76 bits per heavy atom. The van der Waals surface area contributed by atoms with E-state index in [9.17, 15) is 0 Å². The largest absolute Gasteiger partial charge is 0.344 e. The first-order chi connectivity index (χ1) is 8.26. The van der Waals surface area contributed by atoms with Gasteiger partial charge in [0.15, 0.2) is 0 Å². The zero-order valence-electron chi connectivity index (χ0n) is 9.02. The van der Waals surface area contributed by atoms with Crippen LogP contribution in [0, 0.1) is 34.0 Å². The molecule has 0 bridgehead atoms. The molecular weight excluding hydrogens is 280 g/mol. The number of halogens is 1. The summed E-state index contributed by atoms with van der Waals surface area (Å²) >= 11 is 3.32. The van der Waals surface area contributed by atoms with E-state index < -0.39 is 0 Å². The lowest BCUT2D eigenvalue weighted by Gasteiger charge is -2.19. The van der Waals surface area contributed by atoms with Gasteiger partial charge >= 0.3 is 0 Å². The minimum atomic E-state index is 0.0932. The Balaban J connectivity index is 3.16. The average molecular weight is 289 g/mol. The second kappa shape index (κ2) is 6.53. The van der Waals surface area contributed by atoms with Crippen LogP contribution >= 0.6 is 15.9 Å². The summed E-state index contributed by atoms with van der Waals surface area (Å²) in [6, 6.07) is 11.5. The van der Waals surface area contributed by atoms with Crippen LogP contribution < -0.4 is 4.90 Å². The fraction of sp³-hybridized carbons (Fsp3) is 0.250. The molecule has 0 aliphatic carbocycles. The van der Waals surface area contributed by atoms with E-state index in [2.05, 4.69) is 22.0 Å². The highest BCUT2D eigenvalue weighted by Crippen LogP contribution is 2.22. The number of hydrogen-bond acceptors (Lipinski definition) is 4. The molecule has 1 aromatic rings. The zero-order chi connectivity index (χ0) is 12.7. The molecule has 0 spiro atoms. The Kier molecular flexibility index (Phi) is 5.01. The summed E-state index contributed by atoms with van der Waals surface area (Å²) in [4.78, 5) is 1.58. The molecule has 0 saturated carbocycles. The molecule has 0 aliphatic rings. The summed E-state index contributed by atoms with van der Waals surface area (Å²) in [5.74, 6) is 0. The van der Waals surface area contributed by atoms with Gasteiger partial charge < -0.3 is 4.90 Å². The number of nitriles is 3. The van der Waals surface area contributed by atoms with Gasteiger partial charge in [-0.3, -0.25) is 0 Å². The smallest absolute Gasteiger partial charge is 0.107 e. The lowest BCUT2D eigenvalue weighted by atomic mass is 10.1. The molecule has 0 unspecified atom stereocenters. The maximum Gasteiger partial charge on any atom is 0.107 e. The molecule has 0 heterocycles. The van der Waals surface area contributed by atoms with Crippen LogP contribution in [0.5, 0.6) is 0 Å². The summed E-state index contributed by atoms with van der Waals surface area (Å²) in [7, 11) is 0. The summed E-state index contributed by atoms with van der Waals surface area (Å²) < 4.78 is 0. The molecule has 4 nitrogen and oxygen atoms in total. The Bertz CT molecular complexity index is 503. The molecule has 0 saturated heterocycles. The summed E-state index contributed by atoms with van der Waals surface area (Å²) in [5, 5.41) is 27.1. The van der Waals surface area contributed by atoms with Crippen molar-refractivity contribution in [3.05, 3.63) is 29.3 Å². The van der Waals surface area contributed by atoms with Crippen LogP contribution in [-0.2, 0) is 5.33 Å². The molecule has 17 heavy (non-hydrogen) atoms. The first-order valence-corrected chi connectivity index (χ1v) is 5.96. The fourth-order valence-electron chi connectivity index (χ4n) is 1.43. The van der Waals surface area contributed by atoms with Crippen LogP contribution in [0.2, 0.25) is 0 Å². The van der Waals surface area contributed by atoms with E-state index in [4.69, 9.17) is 15.8 Å². The standard InChI is InChI=1S/C12H9BrN4/c13-8-10-1-2-12(11(7-10)9-16)17(5-3-14)6-4-15/h1-2,7H,5-6,8H2. The maximum absolute atomic E-state index is 9.07. The molecule has 0 N–H and O–H groups in total. The van der Waals surface area contributed by atoms with Crippen LogP contribution in [-0.4, -0.2) is 13.1 Å². The Morgan fingerprint density at radius 3 is 2.24 bits per heavy atom. The maximum atomic E-state index is 9.07. The van der Waals surface area contributed by atoms with Gasteiger partial charge in [0, 0.05) is 5.33 Å². The van der Waals surface area contributed by atoms with E-state index in [0.717, 1.165) is 5.56 Å². The van der Waals surface area contributed by atoms with Crippen LogP contribution in [0.15, 0.2) is 18.2 Å². The Labute approximate surface area is 108 Å². The quantitative estimate of drug-likeness (QED) is 0.629. The van der Waals surface area contributed by atoms with Crippen molar-refractivity contribution in [2.75, 3.05) is 18.0 Å². The average Bonchev–Trinajstić information content (AvgIpc) is 2.37. The van der Waals surface area contributed by atoms with Gasteiger partial charge in [0.25, 0.3) is 0 Å². The monoisotopic (exact) mass is 288 g/mol. The van der Waals surface area contributed by atoms with Crippen LogP contribution in [0.4, 0.5) is 5.69 Å². The second-order valence-corrected chi connectivity index (χ2v) is 3.83. The van der Waals surface area contributed by atoms with Crippen molar-refractivity contribution in [3.63, 3.8) is 0 Å². The molecule has 1 aromatic carbocycles. The molecule has 0 fully saturated rings. The van der Waals surface area contributed by atoms with E-state index in [0.29, 0.717) is 16.6 Å². The molecule has 0 aromatic heterocycles. The van der Waals surface area contributed by atoms with Crippen molar-refractivity contribution >= 4 is 21.6 Å². The van der Waals surface area contributed by atoms with Crippen LogP contribution in [0.1, 0.15) is 11.1 Å². The molecular formula is C12H9BrN4. The van der Waals surface area contributed by atoms with Gasteiger partial charge in [0.2, 0.25) is 0 Å². The number of alkyl halides is 1. The molecule has 1 rings (SSSR count). The highest BCUT2D eigenvalue weighted by Gasteiger charge is 2.11. The van der Waals surface area contributed by atoms with E-state index in [1.165, 1.54) is 0 Å². The van der Waals surface area contributed by atoms with E-state index in [-0.39, 0.29) is 13.1 Å². The molecule has 84 valence electrons. The first kappa shape index (κ1) is 13.0. The SMILES string of the molecule is N#CCN(CC#N)c1ccc(CBr)cc1C#N. The number of rotatable bonds is 4. The van der Waals surface area contributed by atoms with Crippen molar-refractivity contribution in [3.8, 4) is 18.2 Å². The predicted octanol–water partition coefficient (Wildman–Crippen LogP) is 2.31. The number of hydrogen-bond donors (Lipinski definition) is 0. The number of anilines is 1. The molecule has 0 amide bonds. The van der Waals surface area contributed by atoms with Crippen LogP contribution in [0.25, 0.3) is 0 Å². The Morgan fingerprint density at radius 1 is 1.12 bits per heavy atom. The third-order valence-electron chi connectivity index (χ3n) is 2.20. The van der Waals surface area contributed by atoms with Gasteiger partial charge in [-0.2, -0.15) is 15.8 Å². The van der Waals surface area contributed by atoms with Crippen molar-refractivity contribution in [1.29, 1.82) is 15.8 Å². The van der Waals surface area contributed by atoms with E-state index in [1.54, 1.807) is 17.0 Å². The van der Waals surface area contributed by atoms with Crippen LogP contribution in [0.3, 0.4) is 0 Å².